The Morgan fingerprint density at radius 3 is 2.30 bits per heavy atom. The summed E-state index contributed by atoms with van der Waals surface area (Å²) in [5.74, 6) is 0.474. The van der Waals surface area contributed by atoms with E-state index in [9.17, 15) is 14.0 Å². The number of Topliss-reactive ketones (excluding diaryl/α,β-unsaturated/α-hetero) is 1. The monoisotopic (exact) mass is 513 g/mol. The molecule has 0 saturated heterocycles. The summed E-state index contributed by atoms with van der Waals surface area (Å²) in [6, 6.07) is 9.26. The second-order valence-corrected chi connectivity index (χ2v) is 9.85. The van der Waals surface area contributed by atoms with E-state index in [0.29, 0.717) is 23.5 Å². The van der Waals surface area contributed by atoms with E-state index < -0.39 is 11.9 Å². The van der Waals surface area contributed by atoms with Crippen molar-refractivity contribution < 1.29 is 28.2 Å². The number of aliphatic imine (C=N–C) groups is 1. The molecule has 0 heterocycles. The first-order valence-electron chi connectivity index (χ1n) is 12.3. The van der Waals surface area contributed by atoms with Crippen LogP contribution in [0.5, 0.6) is 17.2 Å². The standard InChI is InChI=1S/C28H36FN3O5/c1-17(2)12-21(22(33)16-28(10-11-28)19-7-8-20(29)24(15-19)36-4)31-27(30)32-26(34)14-18-6-9-23(35-3)25(13-18)37-5/h6-9,13,15,17,21H,10-12,14,16H2,1-5H3,(H3,30,31,32,34)/t21-/m1/s1. The summed E-state index contributed by atoms with van der Waals surface area (Å²) >= 11 is 0. The van der Waals surface area contributed by atoms with Crippen molar-refractivity contribution in [1.82, 2.24) is 5.32 Å². The molecule has 3 N–H and O–H groups in total. The fourth-order valence-corrected chi connectivity index (χ4v) is 4.43. The smallest absolute Gasteiger partial charge is 0.231 e. The minimum absolute atomic E-state index is 0.0505. The van der Waals surface area contributed by atoms with Crippen molar-refractivity contribution in [1.29, 1.82) is 0 Å². The topological polar surface area (TPSA) is 112 Å². The molecule has 0 unspecified atom stereocenters. The van der Waals surface area contributed by atoms with Crippen molar-refractivity contribution in [2.45, 2.75) is 57.4 Å². The number of carbonyl (C=O) groups excluding carboxylic acids is 2. The zero-order chi connectivity index (χ0) is 27.2. The second kappa shape index (κ2) is 12.1. The van der Waals surface area contributed by atoms with Gasteiger partial charge >= 0.3 is 0 Å². The Kier molecular flexibility index (Phi) is 9.13. The quantitative estimate of drug-likeness (QED) is 0.329. The molecule has 0 aromatic heterocycles. The van der Waals surface area contributed by atoms with Crippen LogP contribution in [0.25, 0.3) is 0 Å². The third-order valence-corrected chi connectivity index (χ3v) is 6.57. The van der Waals surface area contributed by atoms with Crippen LogP contribution in [0.15, 0.2) is 41.4 Å². The largest absolute Gasteiger partial charge is 0.494 e. The molecule has 3 rings (SSSR count). The SMILES string of the molecule is COc1cc(C2(CC(=O)[C@@H](CC(C)C)N=C(N)NC(=O)Cc3ccc(OC)c(OC)c3)CC2)ccc1F. The molecule has 1 atom stereocenters. The number of hydrogen-bond donors (Lipinski definition) is 2. The van der Waals surface area contributed by atoms with E-state index in [2.05, 4.69) is 10.3 Å². The zero-order valence-corrected chi connectivity index (χ0v) is 22.1. The molecule has 1 aliphatic rings. The minimum atomic E-state index is -0.693. The van der Waals surface area contributed by atoms with Crippen molar-refractivity contribution in [3.63, 3.8) is 0 Å². The predicted octanol–water partition coefficient (Wildman–Crippen LogP) is 3.93. The number of nitrogens with one attached hydrogen (secondary N) is 1. The summed E-state index contributed by atoms with van der Waals surface area (Å²) in [5.41, 5.74) is 7.29. The summed E-state index contributed by atoms with van der Waals surface area (Å²) in [6.07, 6.45) is 2.45. The summed E-state index contributed by atoms with van der Waals surface area (Å²) < 4.78 is 29.5. The van der Waals surface area contributed by atoms with Gasteiger partial charge in [-0.2, -0.15) is 0 Å². The highest BCUT2D eigenvalue weighted by Gasteiger charge is 2.47. The van der Waals surface area contributed by atoms with E-state index in [4.69, 9.17) is 19.9 Å². The Labute approximate surface area is 217 Å². The number of rotatable bonds is 12. The summed E-state index contributed by atoms with van der Waals surface area (Å²) in [4.78, 5) is 30.4. The first-order chi connectivity index (χ1) is 17.6. The highest BCUT2D eigenvalue weighted by Crippen LogP contribution is 2.52. The van der Waals surface area contributed by atoms with Crippen LogP contribution in [-0.4, -0.2) is 45.0 Å². The Morgan fingerprint density at radius 1 is 1.03 bits per heavy atom. The number of hydrogen-bond acceptors (Lipinski definition) is 6. The fourth-order valence-electron chi connectivity index (χ4n) is 4.43. The molecule has 0 aliphatic heterocycles. The number of ketones is 1. The fraction of sp³-hybridized carbons (Fsp3) is 0.464. The molecule has 1 saturated carbocycles. The average molecular weight is 514 g/mol. The lowest BCUT2D eigenvalue weighted by molar-refractivity contribution is -0.121. The van der Waals surface area contributed by atoms with Crippen LogP contribution in [-0.2, 0) is 21.4 Å². The van der Waals surface area contributed by atoms with Gasteiger partial charge in [0.2, 0.25) is 5.91 Å². The maximum Gasteiger partial charge on any atom is 0.231 e. The molecule has 37 heavy (non-hydrogen) atoms. The summed E-state index contributed by atoms with van der Waals surface area (Å²) in [6.45, 7) is 4.00. The minimum Gasteiger partial charge on any atom is -0.494 e. The summed E-state index contributed by atoms with van der Waals surface area (Å²) in [5, 5.41) is 2.59. The highest BCUT2D eigenvalue weighted by atomic mass is 19.1. The number of amides is 1. The van der Waals surface area contributed by atoms with Crippen LogP contribution < -0.4 is 25.3 Å². The lowest BCUT2D eigenvalue weighted by atomic mass is 9.87. The number of methoxy groups -OCH3 is 3. The molecule has 0 spiro atoms. The number of halogens is 1. The van der Waals surface area contributed by atoms with Gasteiger partial charge in [0.15, 0.2) is 34.8 Å². The molecule has 9 heteroatoms. The van der Waals surface area contributed by atoms with Gasteiger partial charge in [0.1, 0.15) is 6.04 Å². The van der Waals surface area contributed by atoms with Crippen LogP contribution >= 0.6 is 0 Å². The summed E-state index contributed by atoms with van der Waals surface area (Å²) in [7, 11) is 4.48. The van der Waals surface area contributed by atoms with Gasteiger partial charge in [0.05, 0.1) is 27.8 Å². The van der Waals surface area contributed by atoms with Gasteiger partial charge in [-0.1, -0.05) is 26.0 Å². The lowest BCUT2D eigenvalue weighted by Crippen LogP contribution is -2.40. The number of guanidine groups is 1. The van der Waals surface area contributed by atoms with Gasteiger partial charge in [-0.15, -0.1) is 0 Å². The Bertz CT molecular complexity index is 1160. The number of ether oxygens (including phenoxy) is 3. The van der Waals surface area contributed by atoms with Gasteiger partial charge in [0, 0.05) is 11.8 Å². The molecule has 0 radical (unpaired) electrons. The maximum absolute atomic E-state index is 13.9. The molecular weight excluding hydrogens is 477 g/mol. The van der Waals surface area contributed by atoms with Gasteiger partial charge in [-0.3, -0.25) is 14.9 Å². The zero-order valence-electron chi connectivity index (χ0n) is 22.1. The Morgan fingerprint density at radius 2 is 1.70 bits per heavy atom. The van der Waals surface area contributed by atoms with Gasteiger partial charge in [-0.05, 0) is 60.6 Å². The highest BCUT2D eigenvalue weighted by molar-refractivity contribution is 5.98. The Balaban J connectivity index is 1.69. The van der Waals surface area contributed by atoms with E-state index in [0.717, 1.165) is 18.4 Å². The molecule has 1 aliphatic carbocycles. The molecule has 2 aromatic carbocycles. The lowest BCUT2D eigenvalue weighted by Gasteiger charge is -2.20. The Hall–Kier alpha value is -3.62. The number of carbonyl (C=O) groups is 2. The van der Waals surface area contributed by atoms with Gasteiger partial charge in [0.25, 0.3) is 0 Å². The van der Waals surface area contributed by atoms with E-state index in [1.54, 1.807) is 30.3 Å². The first kappa shape index (κ1) is 28.0. The third-order valence-electron chi connectivity index (χ3n) is 6.57. The van der Waals surface area contributed by atoms with E-state index in [-0.39, 0.29) is 47.6 Å². The van der Waals surface area contributed by atoms with Crippen LogP contribution in [0.4, 0.5) is 4.39 Å². The average Bonchev–Trinajstić information content (AvgIpc) is 3.63. The van der Waals surface area contributed by atoms with Crippen LogP contribution in [0.2, 0.25) is 0 Å². The normalized spacial score (nSPS) is 15.2. The van der Waals surface area contributed by atoms with Gasteiger partial charge < -0.3 is 19.9 Å². The molecule has 1 amide bonds. The van der Waals surface area contributed by atoms with Crippen molar-refractivity contribution in [2.24, 2.45) is 16.6 Å². The number of benzene rings is 2. The maximum atomic E-state index is 13.9. The molecule has 1 fully saturated rings. The molecule has 200 valence electrons. The molecular formula is C28H36FN3O5. The van der Waals surface area contributed by atoms with Gasteiger partial charge in [-0.25, -0.2) is 9.38 Å². The van der Waals surface area contributed by atoms with Crippen molar-refractivity contribution in [2.75, 3.05) is 21.3 Å². The van der Waals surface area contributed by atoms with E-state index in [1.165, 1.54) is 27.4 Å². The first-order valence-corrected chi connectivity index (χ1v) is 12.3. The molecule has 8 nitrogen and oxygen atoms in total. The van der Waals surface area contributed by atoms with Crippen LogP contribution in [0.1, 0.15) is 50.7 Å². The number of nitrogens with two attached hydrogens (primary N) is 1. The number of nitrogens with zero attached hydrogens (tertiary/aromatic N) is 1. The van der Waals surface area contributed by atoms with Crippen molar-refractivity contribution in [3.8, 4) is 17.2 Å². The van der Waals surface area contributed by atoms with Crippen molar-refractivity contribution in [3.05, 3.63) is 53.3 Å². The van der Waals surface area contributed by atoms with Crippen LogP contribution in [0, 0.1) is 11.7 Å². The third kappa shape index (κ3) is 7.21. The van der Waals surface area contributed by atoms with Crippen molar-refractivity contribution >= 4 is 17.6 Å². The molecule has 0 bridgehead atoms. The second-order valence-electron chi connectivity index (χ2n) is 9.85. The van der Waals surface area contributed by atoms with E-state index in [1.807, 2.05) is 13.8 Å². The molecule has 2 aromatic rings. The van der Waals surface area contributed by atoms with E-state index >= 15 is 0 Å². The predicted molar refractivity (Wildman–Crippen MR) is 140 cm³/mol. The van der Waals surface area contributed by atoms with Crippen LogP contribution in [0.3, 0.4) is 0 Å².